The molecule has 1 atom stereocenters. The smallest absolute Gasteiger partial charge is 0.228 e. The summed E-state index contributed by atoms with van der Waals surface area (Å²) >= 11 is 0. The van der Waals surface area contributed by atoms with Crippen LogP contribution in [-0.4, -0.2) is 53.0 Å². The van der Waals surface area contributed by atoms with E-state index in [1.165, 1.54) is 6.07 Å². The standard InChI is InChI=1S/C19H26FN3O3/c1-13(2)18(25)22-16-10-19(26-12-16)5-7-23(8-6-19)17(24)9-15-4-3-14(20)11-21-15/h3-4,11,13,16H,5-10,12H2,1-2H3,(H,22,25)/t16-/m0/s1. The Kier molecular flexibility index (Phi) is 5.55. The van der Waals surface area contributed by atoms with Crippen molar-refractivity contribution < 1.29 is 18.7 Å². The number of piperidine rings is 1. The molecule has 2 aliphatic rings. The average Bonchev–Trinajstić information content (AvgIpc) is 2.99. The van der Waals surface area contributed by atoms with E-state index in [2.05, 4.69) is 10.3 Å². The van der Waals surface area contributed by atoms with Crippen LogP contribution >= 0.6 is 0 Å². The molecule has 2 saturated heterocycles. The number of carbonyl (C=O) groups excluding carboxylic acids is 2. The SMILES string of the molecule is CC(C)C(=O)N[C@@H]1COC2(CCN(C(=O)Cc3ccc(F)cn3)CC2)C1. The summed E-state index contributed by atoms with van der Waals surface area (Å²) < 4.78 is 18.9. The zero-order valence-corrected chi connectivity index (χ0v) is 15.3. The largest absolute Gasteiger partial charge is 0.373 e. The average molecular weight is 363 g/mol. The number of halogens is 1. The third-order valence-corrected chi connectivity index (χ3v) is 5.23. The van der Waals surface area contributed by atoms with Gasteiger partial charge in [-0.15, -0.1) is 0 Å². The van der Waals surface area contributed by atoms with Crippen molar-refractivity contribution in [1.29, 1.82) is 0 Å². The van der Waals surface area contributed by atoms with E-state index in [0.717, 1.165) is 25.5 Å². The molecule has 2 fully saturated rings. The molecule has 0 saturated carbocycles. The molecule has 3 heterocycles. The van der Waals surface area contributed by atoms with Crippen molar-refractivity contribution in [3.05, 3.63) is 29.8 Å². The number of pyridine rings is 1. The fourth-order valence-electron chi connectivity index (χ4n) is 3.59. The van der Waals surface area contributed by atoms with E-state index in [-0.39, 0.29) is 35.8 Å². The van der Waals surface area contributed by atoms with Crippen molar-refractivity contribution in [2.75, 3.05) is 19.7 Å². The molecule has 0 bridgehead atoms. The predicted molar refractivity (Wildman–Crippen MR) is 93.8 cm³/mol. The van der Waals surface area contributed by atoms with Crippen LogP contribution in [0.1, 0.15) is 38.8 Å². The van der Waals surface area contributed by atoms with Crippen LogP contribution in [0.25, 0.3) is 0 Å². The van der Waals surface area contributed by atoms with E-state index < -0.39 is 5.82 Å². The highest BCUT2D eigenvalue weighted by molar-refractivity contribution is 5.78. The van der Waals surface area contributed by atoms with Crippen molar-refractivity contribution in [3.8, 4) is 0 Å². The van der Waals surface area contributed by atoms with Crippen molar-refractivity contribution in [3.63, 3.8) is 0 Å². The molecule has 0 unspecified atom stereocenters. The Bertz CT molecular complexity index is 654. The first kappa shape index (κ1) is 18.8. The van der Waals surface area contributed by atoms with Gasteiger partial charge in [-0.25, -0.2) is 4.39 Å². The van der Waals surface area contributed by atoms with Crippen LogP contribution in [0.4, 0.5) is 4.39 Å². The maximum Gasteiger partial charge on any atom is 0.228 e. The summed E-state index contributed by atoms with van der Waals surface area (Å²) in [5.41, 5.74) is 0.338. The molecule has 7 heteroatoms. The molecule has 0 aromatic carbocycles. The van der Waals surface area contributed by atoms with Gasteiger partial charge in [0.25, 0.3) is 0 Å². The lowest BCUT2D eigenvalue weighted by Gasteiger charge is -2.38. The summed E-state index contributed by atoms with van der Waals surface area (Å²) in [4.78, 5) is 30.1. The normalized spacial score (nSPS) is 22.0. The van der Waals surface area contributed by atoms with E-state index in [9.17, 15) is 14.0 Å². The molecule has 2 amide bonds. The van der Waals surface area contributed by atoms with Gasteiger partial charge in [0.2, 0.25) is 11.8 Å². The maximum atomic E-state index is 12.9. The molecule has 0 radical (unpaired) electrons. The monoisotopic (exact) mass is 363 g/mol. The molecular weight excluding hydrogens is 337 g/mol. The lowest BCUT2D eigenvalue weighted by molar-refractivity contribution is -0.135. The third-order valence-electron chi connectivity index (χ3n) is 5.23. The third kappa shape index (κ3) is 4.38. The number of likely N-dealkylation sites (tertiary alicyclic amines) is 1. The Morgan fingerprint density at radius 2 is 2.12 bits per heavy atom. The Hall–Kier alpha value is -2.02. The summed E-state index contributed by atoms with van der Waals surface area (Å²) in [7, 11) is 0. The maximum absolute atomic E-state index is 12.9. The topological polar surface area (TPSA) is 71.5 Å². The summed E-state index contributed by atoms with van der Waals surface area (Å²) in [6.45, 7) is 5.55. The van der Waals surface area contributed by atoms with E-state index in [0.29, 0.717) is 25.4 Å². The van der Waals surface area contributed by atoms with Crippen molar-refractivity contribution in [2.45, 2.75) is 51.2 Å². The van der Waals surface area contributed by atoms with E-state index >= 15 is 0 Å². The first-order chi connectivity index (χ1) is 12.4. The second-order valence-electron chi connectivity index (χ2n) is 7.58. The highest BCUT2D eigenvalue weighted by atomic mass is 19.1. The minimum absolute atomic E-state index is 0.00150. The first-order valence-electron chi connectivity index (χ1n) is 9.19. The molecule has 1 aromatic rings. The van der Waals surface area contributed by atoms with Crippen LogP contribution in [-0.2, 0) is 20.7 Å². The molecule has 142 valence electrons. The number of aromatic nitrogens is 1. The molecule has 2 aliphatic heterocycles. The second kappa shape index (κ2) is 7.70. The van der Waals surface area contributed by atoms with Crippen LogP contribution in [0.5, 0.6) is 0 Å². The minimum Gasteiger partial charge on any atom is -0.373 e. The lowest BCUT2D eigenvalue weighted by atomic mass is 9.87. The summed E-state index contributed by atoms with van der Waals surface area (Å²) in [5, 5.41) is 3.04. The van der Waals surface area contributed by atoms with Crippen LogP contribution in [0.2, 0.25) is 0 Å². The number of nitrogens with zero attached hydrogens (tertiary/aromatic N) is 2. The summed E-state index contributed by atoms with van der Waals surface area (Å²) in [6, 6.07) is 2.91. The van der Waals surface area contributed by atoms with Gasteiger partial charge in [-0.05, 0) is 31.4 Å². The van der Waals surface area contributed by atoms with Gasteiger partial charge in [-0.1, -0.05) is 13.8 Å². The molecule has 26 heavy (non-hydrogen) atoms. The van der Waals surface area contributed by atoms with E-state index in [4.69, 9.17) is 4.74 Å². The molecule has 3 rings (SSSR count). The van der Waals surface area contributed by atoms with Gasteiger partial charge in [-0.2, -0.15) is 0 Å². The fourth-order valence-corrected chi connectivity index (χ4v) is 3.59. The quantitative estimate of drug-likeness (QED) is 0.884. The predicted octanol–water partition coefficient (Wildman–Crippen LogP) is 1.69. The number of carbonyl (C=O) groups is 2. The Morgan fingerprint density at radius 3 is 2.73 bits per heavy atom. The van der Waals surface area contributed by atoms with Gasteiger partial charge in [0, 0.05) is 24.7 Å². The highest BCUT2D eigenvalue weighted by Gasteiger charge is 2.43. The van der Waals surface area contributed by atoms with Crippen molar-refractivity contribution in [2.24, 2.45) is 5.92 Å². The van der Waals surface area contributed by atoms with E-state index in [1.807, 2.05) is 18.7 Å². The number of nitrogens with one attached hydrogen (secondary N) is 1. The van der Waals surface area contributed by atoms with Crippen LogP contribution in [0.3, 0.4) is 0 Å². The first-order valence-corrected chi connectivity index (χ1v) is 9.19. The Morgan fingerprint density at radius 1 is 1.38 bits per heavy atom. The van der Waals surface area contributed by atoms with Crippen molar-refractivity contribution in [1.82, 2.24) is 15.2 Å². The lowest BCUT2D eigenvalue weighted by Crippen LogP contribution is -2.47. The molecular formula is C19H26FN3O3. The molecule has 1 spiro atoms. The number of rotatable bonds is 4. The number of amides is 2. The number of hydrogen-bond donors (Lipinski definition) is 1. The zero-order valence-electron chi connectivity index (χ0n) is 15.3. The van der Waals surface area contributed by atoms with Crippen molar-refractivity contribution >= 4 is 11.8 Å². The van der Waals surface area contributed by atoms with E-state index in [1.54, 1.807) is 6.07 Å². The minimum atomic E-state index is -0.404. The Labute approximate surface area is 153 Å². The van der Waals surface area contributed by atoms with Gasteiger partial charge in [0.15, 0.2) is 0 Å². The zero-order chi connectivity index (χ0) is 18.7. The molecule has 1 N–H and O–H groups in total. The molecule has 0 aliphatic carbocycles. The van der Waals surface area contributed by atoms with Gasteiger partial charge in [0.1, 0.15) is 5.82 Å². The molecule has 6 nitrogen and oxygen atoms in total. The van der Waals surface area contributed by atoms with Gasteiger partial charge in [0.05, 0.1) is 30.9 Å². The second-order valence-corrected chi connectivity index (χ2v) is 7.58. The molecule has 1 aromatic heterocycles. The summed E-state index contributed by atoms with van der Waals surface area (Å²) in [5.74, 6) is -0.388. The van der Waals surface area contributed by atoms with Crippen LogP contribution < -0.4 is 5.32 Å². The van der Waals surface area contributed by atoms with Crippen LogP contribution in [0.15, 0.2) is 18.3 Å². The van der Waals surface area contributed by atoms with Gasteiger partial charge < -0.3 is 15.0 Å². The Balaban J connectivity index is 1.49. The van der Waals surface area contributed by atoms with Crippen LogP contribution in [0, 0.1) is 11.7 Å². The fraction of sp³-hybridized carbons (Fsp3) is 0.632. The van der Waals surface area contributed by atoms with Gasteiger partial charge >= 0.3 is 0 Å². The number of hydrogen-bond acceptors (Lipinski definition) is 4. The summed E-state index contributed by atoms with van der Waals surface area (Å²) in [6.07, 6.45) is 3.65. The highest BCUT2D eigenvalue weighted by Crippen LogP contribution is 2.36. The van der Waals surface area contributed by atoms with Gasteiger partial charge in [-0.3, -0.25) is 14.6 Å². The number of ether oxygens (including phenoxy) is 1.